The topological polar surface area (TPSA) is 91.3 Å². The van der Waals surface area contributed by atoms with Crippen molar-refractivity contribution in [2.75, 3.05) is 0 Å². The molecule has 8 rings (SSSR count). The predicted molar refractivity (Wildman–Crippen MR) is 170 cm³/mol. The highest BCUT2D eigenvalue weighted by Crippen LogP contribution is 2.59. The Hall–Kier alpha value is -1.87. The van der Waals surface area contributed by atoms with Crippen LogP contribution in [0.5, 0.6) is 0 Å². The van der Waals surface area contributed by atoms with Gasteiger partial charge in [-0.25, -0.2) is 5.43 Å². The lowest BCUT2D eigenvalue weighted by Gasteiger charge is -2.57. The average Bonchev–Trinajstić information content (AvgIpc) is 3.33. The van der Waals surface area contributed by atoms with Crippen molar-refractivity contribution < 1.29 is 23.7 Å². The van der Waals surface area contributed by atoms with Crippen molar-refractivity contribution in [2.24, 2.45) is 70.2 Å². The molecule has 0 aromatic carbocycles. The fourth-order valence-corrected chi connectivity index (χ4v) is 11.5. The Balaban J connectivity index is 1.22. The Labute approximate surface area is 268 Å². The van der Waals surface area contributed by atoms with Gasteiger partial charge in [0, 0.05) is 36.2 Å². The van der Waals surface area contributed by atoms with E-state index in [0.717, 1.165) is 25.0 Å². The fraction of sp³-hybridized carbons (Fsp3) is 0.811. The van der Waals surface area contributed by atoms with Crippen molar-refractivity contribution in [3.8, 4) is 0 Å². The lowest BCUT2D eigenvalue weighted by molar-refractivity contribution is -0.298. The molecule has 1 aromatic heterocycles. The highest BCUT2D eigenvalue weighted by atomic mass is 16.7. The Bertz CT molecular complexity index is 1280. The zero-order valence-corrected chi connectivity index (χ0v) is 27.7. The van der Waals surface area contributed by atoms with E-state index in [1.165, 1.54) is 25.7 Å². The molecule has 17 atom stereocenters. The van der Waals surface area contributed by atoms with Crippen LogP contribution in [0, 0.1) is 65.1 Å². The molecule has 5 saturated heterocycles. The Morgan fingerprint density at radius 1 is 0.733 bits per heavy atom. The maximum Gasteiger partial charge on any atom is 0.271 e. The van der Waals surface area contributed by atoms with Crippen LogP contribution in [0.4, 0.5) is 0 Å². The Morgan fingerprint density at radius 2 is 1.42 bits per heavy atom. The molecule has 7 aliphatic rings. The highest BCUT2D eigenvalue weighted by molar-refractivity contribution is 5.96. The maximum absolute atomic E-state index is 13.2. The minimum Gasteiger partial charge on any atom is -0.349 e. The first-order valence-electron chi connectivity index (χ1n) is 18.2. The summed E-state index contributed by atoms with van der Waals surface area (Å²) in [4.78, 5) is 17.3. The van der Waals surface area contributed by atoms with Gasteiger partial charge in [-0.3, -0.25) is 9.78 Å². The number of carbonyl (C=O) groups is 1. The number of aromatic nitrogens is 1. The summed E-state index contributed by atoms with van der Waals surface area (Å²) in [6.07, 6.45) is 11.8. The molecule has 6 bridgehead atoms. The smallest absolute Gasteiger partial charge is 0.271 e. The van der Waals surface area contributed by atoms with Crippen molar-refractivity contribution in [1.29, 1.82) is 0 Å². The van der Waals surface area contributed by atoms with Gasteiger partial charge in [0.1, 0.15) is 6.10 Å². The first kappa shape index (κ1) is 30.5. The van der Waals surface area contributed by atoms with E-state index in [2.05, 4.69) is 45.0 Å². The molecule has 0 spiro atoms. The van der Waals surface area contributed by atoms with E-state index >= 15 is 0 Å². The minimum atomic E-state index is -0.242. The first-order chi connectivity index (χ1) is 21.8. The van der Waals surface area contributed by atoms with Gasteiger partial charge in [-0.05, 0) is 111 Å². The molecule has 17 unspecified atom stereocenters. The van der Waals surface area contributed by atoms with Crippen molar-refractivity contribution in [2.45, 2.75) is 123 Å². The molecule has 8 nitrogen and oxygen atoms in total. The van der Waals surface area contributed by atoms with E-state index in [1.807, 2.05) is 0 Å². The molecule has 2 saturated carbocycles. The zero-order chi connectivity index (χ0) is 31.0. The second kappa shape index (κ2) is 12.0. The van der Waals surface area contributed by atoms with E-state index in [4.69, 9.17) is 24.0 Å². The van der Waals surface area contributed by atoms with Gasteiger partial charge in [-0.1, -0.05) is 34.1 Å². The van der Waals surface area contributed by atoms with Gasteiger partial charge in [0.05, 0.1) is 24.0 Å². The number of hydrazone groups is 1. The van der Waals surface area contributed by atoms with E-state index in [1.54, 1.807) is 24.5 Å². The molecule has 2 aliphatic carbocycles. The second-order valence-corrected chi connectivity index (χ2v) is 16.1. The number of ether oxygens (including phenoxy) is 4. The van der Waals surface area contributed by atoms with Crippen LogP contribution in [0.3, 0.4) is 0 Å². The standard InChI is InChI=1S/C37H53N3O5/c1-18-6-8-26-22(5)34-29(39-40-35(41)23-12-14-38-15-13-23)17-31-21(4)28-16-27(30-11-10-24(18)32(26)37(43-30)45-34)20(3)25-9-7-19(2)42-36(44-31)33(25)28/h12-15,18-22,24-28,30-34,36-37H,6-11,16-17H2,1-5H3,(H,40,41). The number of hydrogen-bond acceptors (Lipinski definition) is 7. The van der Waals surface area contributed by atoms with Crippen LogP contribution in [-0.4, -0.2) is 53.6 Å². The summed E-state index contributed by atoms with van der Waals surface area (Å²) in [5, 5.41) is 4.92. The number of fused-ring (bicyclic) bond motifs is 5. The molecule has 45 heavy (non-hydrogen) atoms. The van der Waals surface area contributed by atoms with Crippen molar-refractivity contribution in [3.05, 3.63) is 30.1 Å². The molecule has 246 valence electrons. The van der Waals surface area contributed by atoms with Gasteiger partial charge >= 0.3 is 0 Å². The molecule has 8 heteroatoms. The SMILES string of the molecule is CC1CCC2C(C)C3CC4C(C)C(CC(=NNC(=O)c5ccncc5)C5OC6OC3CCC3C(C)CCC(C5C)C63)OC(O1)C42. The third-order valence-corrected chi connectivity index (χ3v) is 14.0. The van der Waals surface area contributed by atoms with E-state index < -0.39 is 0 Å². The number of nitrogens with zero attached hydrogens (tertiary/aromatic N) is 2. The number of pyridine rings is 1. The molecule has 1 amide bonds. The number of nitrogens with one attached hydrogen (secondary N) is 1. The third-order valence-electron chi connectivity index (χ3n) is 14.0. The van der Waals surface area contributed by atoms with Crippen LogP contribution in [0.2, 0.25) is 0 Å². The molecular formula is C37H53N3O5. The van der Waals surface area contributed by atoms with Crippen molar-refractivity contribution in [1.82, 2.24) is 10.4 Å². The van der Waals surface area contributed by atoms with Crippen molar-refractivity contribution >= 4 is 11.6 Å². The summed E-state index contributed by atoms with van der Waals surface area (Å²) in [5.74, 6) is 5.20. The molecule has 1 N–H and O–H groups in total. The number of rotatable bonds is 2. The lowest BCUT2D eigenvalue weighted by atomic mass is 9.55. The molecule has 0 radical (unpaired) electrons. The fourth-order valence-electron chi connectivity index (χ4n) is 11.5. The first-order valence-corrected chi connectivity index (χ1v) is 18.2. The molecule has 5 aliphatic heterocycles. The van der Waals surface area contributed by atoms with Gasteiger partial charge in [-0.2, -0.15) is 5.10 Å². The summed E-state index contributed by atoms with van der Waals surface area (Å²) in [5.41, 5.74) is 4.32. The minimum absolute atomic E-state index is 0.0529. The van der Waals surface area contributed by atoms with Gasteiger partial charge < -0.3 is 18.9 Å². The van der Waals surface area contributed by atoms with Gasteiger partial charge in [0.25, 0.3) is 5.91 Å². The summed E-state index contributed by atoms with van der Waals surface area (Å²) >= 11 is 0. The molecule has 7 fully saturated rings. The van der Waals surface area contributed by atoms with Crippen LogP contribution < -0.4 is 5.43 Å². The highest BCUT2D eigenvalue weighted by Gasteiger charge is 2.59. The molecular weight excluding hydrogens is 566 g/mol. The van der Waals surface area contributed by atoms with E-state index in [9.17, 15) is 4.79 Å². The van der Waals surface area contributed by atoms with Crippen LogP contribution in [-0.2, 0) is 18.9 Å². The van der Waals surface area contributed by atoms with Gasteiger partial charge in [-0.15, -0.1) is 0 Å². The summed E-state index contributed by atoms with van der Waals surface area (Å²) in [6.45, 7) is 11.9. The predicted octanol–water partition coefficient (Wildman–Crippen LogP) is 6.45. The maximum atomic E-state index is 13.2. The lowest BCUT2D eigenvalue weighted by Crippen LogP contribution is -2.59. The number of hydrogen-bond donors (Lipinski definition) is 1. The quantitative estimate of drug-likeness (QED) is 0.383. The Kier molecular flexibility index (Phi) is 8.11. The zero-order valence-electron chi connectivity index (χ0n) is 27.7. The number of amides is 1. The largest absolute Gasteiger partial charge is 0.349 e. The Morgan fingerprint density at radius 3 is 2.24 bits per heavy atom. The third kappa shape index (κ3) is 5.21. The summed E-state index contributed by atoms with van der Waals surface area (Å²) in [6, 6.07) is 3.44. The number of carbonyl (C=O) groups excluding carboxylic acids is 1. The monoisotopic (exact) mass is 619 g/mol. The van der Waals surface area contributed by atoms with Crippen LogP contribution in [0.25, 0.3) is 0 Å². The van der Waals surface area contributed by atoms with Crippen LogP contribution in [0.15, 0.2) is 29.6 Å². The summed E-state index contributed by atoms with van der Waals surface area (Å²) in [7, 11) is 0. The van der Waals surface area contributed by atoms with E-state index in [0.29, 0.717) is 71.2 Å². The van der Waals surface area contributed by atoms with Crippen molar-refractivity contribution in [3.63, 3.8) is 0 Å². The second-order valence-electron chi connectivity index (χ2n) is 16.1. The molecule has 1 aromatic rings. The molecule has 6 heterocycles. The van der Waals surface area contributed by atoms with E-state index in [-0.39, 0.29) is 48.8 Å². The van der Waals surface area contributed by atoms with Gasteiger partial charge in [0.2, 0.25) is 0 Å². The van der Waals surface area contributed by atoms with Crippen LogP contribution in [0.1, 0.15) is 96.3 Å². The average molecular weight is 620 g/mol. The van der Waals surface area contributed by atoms with Crippen LogP contribution >= 0.6 is 0 Å². The normalized spacial score (nSPS) is 51.4. The van der Waals surface area contributed by atoms with Gasteiger partial charge in [0.15, 0.2) is 12.6 Å². The summed E-state index contributed by atoms with van der Waals surface area (Å²) < 4.78 is 28.2.